The highest BCUT2D eigenvalue weighted by molar-refractivity contribution is 7.80. The van der Waals surface area contributed by atoms with Crippen molar-refractivity contribution in [3.63, 3.8) is 0 Å². The maximum Gasteiger partial charge on any atom is 0.416 e. The van der Waals surface area contributed by atoms with E-state index in [1.54, 1.807) is 24.3 Å². The third-order valence-corrected chi connectivity index (χ3v) is 6.89. The van der Waals surface area contributed by atoms with E-state index < -0.39 is 63.8 Å². The van der Waals surface area contributed by atoms with E-state index in [2.05, 4.69) is 10.6 Å². The Balaban J connectivity index is 1.47. The molecule has 0 aliphatic carbocycles. The van der Waals surface area contributed by atoms with Gasteiger partial charge in [0.1, 0.15) is 0 Å². The summed E-state index contributed by atoms with van der Waals surface area (Å²) in [5.74, 6) is -10.5. The van der Waals surface area contributed by atoms with Crippen molar-refractivity contribution in [2.75, 3.05) is 10.6 Å². The fraction of sp³-hybridized carbons (Fsp3) is 0.0645. The van der Waals surface area contributed by atoms with Gasteiger partial charge in [-0.2, -0.15) is 26.3 Å². The van der Waals surface area contributed by atoms with Crippen LogP contribution in [-0.4, -0.2) is 5.11 Å². The van der Waals surface area contributed by atoms with Crippen molar-refractivity contribution >= 4 is 39.5 Å². The first-order valence-electron chi connectivity index (χ1n) is 12.6. The Morgan fingerprint density at radius 1 is 0.533 bits per heavy atom. The Kier molecular flexibility index (Phi) is 8.21. The third-order valence-electron chi connectivity index (χ3n) is 6.68. The first-order valence-corrected chi connectivity index (χ1v) is 13.0. The number of halogens is 11. The molecule has 0 aromatic heterocycles. The summed E-state index contributed by atoms with van der Waals surface area (Å²) in [5, 5.41) is 5.18. The van der Waals surface area contributed by atoms with Crippen LogP contribution in [0, 0.1) is 29.1 Å². The zero-order valence-electron chi connectivity index (χ0n) is 22.1. The van der Waals surface area contributed by atoms with Crippen LogP contribution in [0.4, 0.5) is 59.7 Å². The summed E-state index contributed by atoms with van der Waals surface area (Å²) in [5.41, 5.74) is -3.98. The molecular weight excluding hydrogens is 641 g/mol. The standard InChI is InChI=1S/C31H15F11N2S/c32-24-23(25(33)27(35)28(36)26(24)34)21-6-2-4-15-3-1-5-20(22(15)21)14-7-9-18(10-8-14)43-29(45)44-19-12-16(30(37,38)39)11-17(13-19)31(40,41)42/h1-13H,(H2,43,44,45). The molecule has 0 aliphatic heterocycles. The third kappa shape index (κ3) is 6.27. The minimum atomic E-state index is -5.05. The van der Waals surface area contributed by atoms with Gasteiger partial charge in [0.05, 0.1) is 16.7 Å². The lowest BCUT2D eigenvalue weighted by molar-refractivity contribution is -0.143. The number of benzene rings is 5. The molecule has 2 N–H and O–H groups in total. The Hall–Kier alpha value is -4.72. The van der Waals surface area contributed by atoms with Gasteiger partial charge in [-0.1, -0.05) is 48.5 Å². The zero-order chi connectivity index (χ0) is 32.8. The average molecular weight is 657 g/mol. The van der Waals surface area contributed by atoms with Crippen molar-refractivity contribution in [3.8, 4) is 22.3 Å². The molecule has 5 aromatic rings. The maximum absolute atomic E-state index is 14.8. The molecule has 0 bridgehead atoms. The average Bonchev–Trinajstić information content (AvgIpc) is 2.98. The number of anilines is 2. The Labute approximate surface area is 252 Å². The second-order valence-electron chi connectivity index (χ2n) is 9.61. The van der Waals surface area contributed by atoms with Crippen molar-refractivity contribution in [2.24, 2.45) is 0 Å². The van der Waals surface area contributed by atoms with E-state index >= 15 is 0 Å². The van der Waals surface area contributed by atoms with Gasteiger partial charge in [0.25, 0.3) is 0 Å². The molecule has 0 aliphatic rings. The van der Waals surface area contributed by atoms with E-state index in [1.807, 2.05) is 0 Å². The molecule has 0 saturated heterocycles. The number of nitrogens with one attached hydrogen (secondary N) is 2. The van der Waals surface area contributed by atoms with Crippen molar-refractivity contribution < 1.29 is 48.3 Å². The lowest BCUT2D eigenvalue weighted by Crippen LogP contribution is -2.20. The number of fused-ring (bicyclic) bond motifs is 1. The summed E-state index contributed by atoms with van der Waals surface area (Å²) in [6.07, 6.45) is -10.1. The highest BCUT2D eigenvalue weighted by atomic mass is 32.1. The van der Waals surface area contributed by atoms with Crippen LogP contribution in [-0.2, 0) is 12.4 Å². The molecule has 0 radical (unpaired) electrons. The van der Waals surface area contributed by atoms with Gasteiger partial charge in [0.15, 0.2) is 28.4 Å². The quantitative estimate of drug-likeness (QED) is 0.0872. The van der Waals surface area contributed by atoms with Crippen LogP contribution in [0.1, 0.15) is 11.1 Å². The Morgan fingerprint density at radius 3 is 1.51 bits per heavy atom. The molecule has 0 fully saturated rings. The highest BCUT2D eigenvalue weighted by Crippen LogP contribution is 2.41. The molecule has 14 heteroatoms. The number of rotatable bonds is 4. The maximum atomic E-state index is 14.8. The molecule has 0 heterocycles. The van der Waals surface area contributed by atoms with E-state index in [0.29, 0.717) is 28.6 Å². The van der Waals surface area contributed by atoms with Crippen LogP contribution in [0.5, 0.6) is 0 Å². The minimum Gasteiger partial charge on any atom is -0.332 e. The van der Waals surface area contributed by atoms with Crippen LogP contribution in [0.15, 0.2) is 78.9 Å². The lowest BCUT2D eigenvalue weighted by atomic mass is 9.91. The number of hydrogen-bond donors (Lipinski definition) is 2. The Morgan fingerprint density at radius 2 is 1.00 bits per heavy atom. The largest absolute Gasteiger partial charge is 0.416 e. The van der Waals surface area contributed by atoms with Crippen LogP contribution in [0.2, 0.25) is 0 Å². The van der Waals surface area contributed by atoms with Gasteiger partial charge in [-0.3, -0.25) is 0 Å². The molecule has 0 spiro atoms. The van der Waals surface area contributed by atoms with E-state index in [9.17, 15) is 48.3 Å². The van der Waals surface area contributed by atoms with Crippen molar-refractivity contribution in [1.29, 1.82) is 0 Å². The van der Waals surface area contributed by atoms with Gasteiger partial charge in [0.2, 0.25) is 5.82 Å². The predicted molar refractivity (Wildman–Crippen MR) is 151 cm³/mol. The second kappa shape index (κ2) is 11.7. The molecule has 0 unspecified atom stereocenters. The minimum absolute atomic E-state index is 0.0229. The van der Waals surface area contributed by atoms with E-state index in [1.165, 1.54) is 36.4 Å². The summed E-state index contributed by atoms with van der Waals surface area (Å²) in [6, 6.07) is 15.7. The van der Waals surface area contributed by atoms with E-state index in [-0.39, 0.29) is 27.8 Å². The fourth-order valence-corrected chi connectivity index (χ4v) is 4.92. The van der Waals surface area contributed by atoms with Gasteiger partial charge in [0, 0.05) is 11.4 Å². The lowest BCUT2D eigenvalue weighted by Gasteiger charge is -2.17. The fourth-order valence-electron chi connectivity index (χ4n) is 4.68. The van der Waals surface area contributed by atoms with Gasteiger partial charge in [-0.15, -0.1) is 0 Å². The van der Waals surface area contributed by atoms with Gasteiger partial charge in [-0.25, -0.2) is 22.0 Å². The second-order valence-corrected chi connectivity index (χ2v) is 10.0. The topological polar surface area (TPSA) is 24.1 Å². The van der Waals surface area contributed by atoms with Gasteiger partial charge < -0.3 is 10.6 Å². The molecule has 45 heavy (non-hydrogen) atoms. The van der Waals surface area contributed by atoms with Gasteiger partial charge >= 0.3 is 12.4 Å². The Bertz CT molecular complexity index is 1880. The normalized spacial score (nSPS) is 12.0. The van der Waals surface area contributed by atoms with Gasteiger partial charge in [-0.05, 0) is 70.0 Å². The molecular formula is C31H15F11N2S. The predicted octanol–water partition coefficient (Wildman–Crippen LogP) is 10.7. The molecule has 2 nitrogen and oxygen atoms in total. The molecule has 0 saturated carbocycles. The zero-order valence-corrected chi connectivity index (χ0v) is 22.9. The summed E-state index contributed by atoms with van der Waals surface area (Å²) >= 11 is 5.06. The van der Waals surface area contributed by atoms with Crippen LogP contribution >= 0.6 is 12.2 Å². The highest BCUT2D eigenvalue weighted by Gasteiger charge is 2.37. The van der Waals surface area contributed by atoms with E-state index in [0.717, 1.165) is 0 Å². The van der Waals surface area contributed by atoms with E-state index in [4.69, 9.17) is 12.2 Å². The van der Waals surface area contributed by atoms with Crippen molar-refractivity contribution in [3.05, 3.63) is 119 Å². The SMILES string of the molecule is Fc1c(F)c(F)c(-c2cccc3cccc(-c4ccc(NC(=S)Nc5cc(C(F)(F)F)cc(C(F)(F)F)c5)cc4)c23)c(F)c1F. The first kappa shape index (κ1) is 31.7. The van der Waals surface area contributed by atoms with Crippen LogP contribution in [0.25, 0.3) is 33.0 Å². The van der Waals surface area contributed by atoms with Crippen LogP contribution in [0.3, 0.4) is 0 Å². The number of alkyl halides is 6. The number of thiocarbonyl (C=S) groups is 1. The monoisotopic (exact) mass is 656 g/mol. The molecule has 0 atom stereocenters. The van der Waals surface area contributed by atoms with Crippen LogP contribution < -0.4 is 10.6 Å². The molecule has 232 valence electrons. The molecule has 5 aromatic carbocycles. The molecule has 5 rings (SSSR count). The summed E-state index contributed by atoms with van der Waals surface area (Å²) < 4.78 is 150. The first-order chi connectivity index (χ1) is 21.1. The van der Waals surface area contributed by atoms with Crippen molar-refractivity contribution in [1.82, 2.24) is 0 Å². The van der Waals surface area contributed by atoms with Crippen molar-refractivity contribution in [2.45, 2.75) is 12.4 Å². The summed E-state index contributed by atoms with van der Waals surface area (Å²) in [6.45, 7) is 0. The number of hydrogen-bond acceptors (Lipinski definition) is 1. The summed E-state index contributed by atoms with van der Waals surface area (Å²) in [4.78, 5) is 0. The summed E-state index contributed by atoms with van der Waals surface area (Å²) in [7, 11) is 0. The molecule has 0 amide bonds. The smallest absolute Gasteiger partial charge is 0.332 e.